The maximum absolute atomic E-state index is 13.0. The van der Waals surface area contributed by atoms with Gasteiger partial charge in [-0.1, -0.05) is 5.92 Å². The van der Waals surface area contributed by atoms with Gasteiger partial charge in [-0.3, -0.25) is 4.79 Å². The molecule has 1 aromatic carbocycles. The van der Waals surface area contributed by atoms with Crippen molar-refractivity contribution < 1.29 is 18.3 Å². The fraction of sp³-hybridized carbons (Fsp3) is 0.100. The van der Waals surface area contributed by atoms with Crippen LogP contribution in [0.4, 0.5) is 8.78 Å². The second-order valence-corrected chi connectivity index (χ2v) is 2.36. The Kier molecular flexibility index (Phi) is 3.19. The summed E-state index contributed by atoms with van der Waals surface area (Å²) >= 11 is 0. The molecule has 0 aliphatic rings. The van der Waals surface area contributed by atoms with Crippen molar-refractivity contribution in [2.45, 2.75) is 0 Å². The SMILES string of the molecule is COc1c(F)cc(F)cc1C#CC=O. The molecule has 1 rings (SSSR count). The lowest BCUT2D eigenvalue weighted by atomic mass is 10.2. The van der Waals surface area contributed by atoms with E-state index in [1.54, 1.807) is 0 Å². The summed E-state index contributed by atoms with van der Waals surface area (Å²) in [6, 6.07) is 1.68. The van der Waals surface area contributed by atoms with E-state index in [4.69, 9.17) is 0 Å². The third-order valence-electron chi connectivity index (χ3n) is 1.48. The van der Waals surface area contributed by atoms with Crippen molar-refractivity contribution in [2.75, 3.05) is 7.11 Å². The molecule has 0 amide bonds. The Bertz CT molecular complexity index is 416. The smallest absolute Gasteiger partial charge is 0.193 e. The van der Waals surface area contributed by atoms with Gasteiger partial charge in [-0.15, -0.1) is 0 Å². The zero-order chi connectivity index (χ0) is 10.6. The zero-order valence-corrected chi connectivity index (χ0v) is 7.30. The van der Waals surface area contributed by atoms with E-state index in [1.807, 2.05) is 5.92 Å². The average molecular weight is 196 g/mol. The number of methoxy groups -OCH3 is 1. The maximum atomic E-state index is 13.0. The van der Waals surface area contributed by atoms with Gasteiger partial charge in [-0.2, -0.15) is 0 Å². The highest BCUT2D eigenvalue weighted by Gasteiger charge is 2.09. The van der Waals surface area contributed by atoms with Crippen LogP contribution in [0.25, 0.3) is 0 Å². The highest BCUT2D eigenvalue weighted by molar-refractivity contribution is 5.74. The Labute approximate surface area is 79.5 Å². The number of carbonyl (C=O) groups is 1. The molecule has 0 bridgehead atoms. The molecule has 2 nitrogen and oxygen atoms in total. The standard InChI is InChI=1S/C10H6F2O2/c1-14-10-7(3-2-4-13)5-8(11)6-9(10)12/h4-6H,1H3. The van der Waals surface area contributed by atoms with Crippen LogP contribution in [0.1, 0.15) is 5.56 Å². The van der Waals surface area contributed by atoms with Gasteiger partial charge in [0.2, 0.25) is 0 Å². The summed E-state index contributed by atoms with van der Waals surface area (Å²) in [6.07, 6.45) is 0.336. The van der Waals surface area contributed by atoms with Gasteiger partial charge in [0.25, 0.3) is 0 Å². The molecule has 4 heteroatoms. The van der Waals surface area contributed by atoms with Crippen LogP contribution < -0.4 is 4.74 Å². The fourth-order valence-electron chi connectivity index (χ4n) is 0.968. The van der Waals surface area contributed by atoms with Gasteiger partial charge < -0.3 is 4.74 Å². The van der Waals surface area contributed by atoms with Crippen LogP contribution in [-0.2, 0) is 4.79 Å². The van der Waals surface area contributed by atoms with Crippen LogP contribution >= 0.6 is 0 Å². The van der Waals surface area contributed by atoms with E-state index >= 15 is 0 Å². The lowest BCUT2D eigenvalue weighted by Crippen LogP contribution is -1.94. The average Bonchev–Trinajstić information content (AvgIpc) is 2.14. The van der Waals surface area contributed by atoms with Gasteiger partial charge in [-0.25, -0.2) is 8.78 Å². The highest BCUT2D eigenvalue weighted by atomic mass is 19.1. The van der Waals surface area contributed by atoms with Gasteiger partial charge >= 0.3 is 0 Å². The van der Waals surface area contributed by atoms with E-state index in [9.17, 15) is 13.6 Å². The minimum absolute atomic E-state index is 0.0112. The molecule has 0 spiro atoms. The van der Waals surface area contributed by atoms with Crippen molar-refractivity contribution in [1.29, 1.82) is 0 Å². The lowest BCUT2D eigenvalue weighted by molar-refractivity contribution is -0.103. The molecule has 0 N–H and O–H groups in total. The molecular formula is C10H6F2O2. The van der Waals surface area contributed by atoms with E-state index in [1.165, 1.54) is 7.11 Å². The monoisotopic (exact) mass is 196 g/mol. The first-order valence-electron chi connectivity index (χ1n) is 3.67. The minimum Gasteiger partial charge on any atom is -0.492 e. The van der Waals surface area contributed by atoms with Gasteiger partial charge in [0.05, 0.1) is 12.7 Å². The number of hydrogen-bond acceptors (Lipinski definition) is 2. The minimum atomic E-state index is -0.845. The largest absolute Gasteiger partial charge is 0.492 e. The molecule has 0 aromatic heterocycles. The summed E-state index contributed by atoms with van der Waals surface area (Å²) < 4.78 is 30.4. The van der Waals surface area contributed by atoms with Gasteiger partial charge in [-0.05, 0) is 12.0 Å². The normalized spacial score (nSPS) is 8.79. The van der Waals surface area contributed by atoms with E-state index in [0.717, 1.165) is 6.07 Å². The second-order valence-electron chi connectivity index (χ2n) is 2.36. The molecule has 14 heavy (non-hydrogen) atoms. The highest BCUT2D eigenvalue weighted by Crippen LogP contribution is 2.22. The molecule has 0 aliphatic carbocycles. The zero-order valence-electron chi connectivity index (χ0n) is 7.30. The predicted molar refractivity (Wildman–Crippen MR) is 45.9 cm³/mol. The van der Waals surface area contributed by atoms with E-state index < -0.39 is 11.6 Å². The van der Waals surface area contributed by atoms with Crippen LogP contribution in [0.5, 0.6) is 5.75 Å². The van der Waals surface area contributed by atoms with Crippen LogP contribution in [0.3, 0.4) is 0 Å². The summed E-state index contributed by atoms with van der Waals surface area (Å²) in [4.78, 5) is 9.95. The van der Waals surface area contributed by atoms with Crippen LogP contribution in [-0.4, -0.2) is 13.4 Å². The van der Waals surface area contributed by atoms with Crippen molar-refractivity contribution in [1.82, 2.24) is 0 Å². The van der Waals surface area contributed by atoms with Gasteiger partial charge in [0.1, 0.15) is 5.82 Å². The molecule has 0 fully saturated rings. The van der Waals surface area contributed by atoms with Crippen molar-refractivity contribution >= 4 is 6.29 Å². The van der Waals surface area contributed by atoms with Crippen molar-refractivity contribution in [3.63, 3.8) is 0 Å². The Hall–Kier alpha value is -1.89. The summed E-state index contributed by atoms with van der Waals surface area (Å²) in [5.41, 5.74) is 0.0112. The number of benzene rings is 1. The number of aldehydes is 1. The van der Waals surface area contributed by atoms with Crippen molar-refractivity contribution in [3.05, 3.63) is 29.3 Å². The summed E-state index contributed by atoms with van der Waals surface area (Å²) in [5.74, 6) is 2.55. The maximum Gasteiger partial charge on any atom is 0.193 e. The number of ether oxygens (including phenoxy) is 1. The Balaban J connectivity index is 3.31. The Morgan fingerprint density at radius 2 is 2.14 bits per heavy atom. The molecule has 0 radical (unpaired) electrons. The molecule has 0 aliphatic heterocycles. The van der Waals surface area contributed by atoms with E-state index in [-0.39, 0.29) is 11.3 Å². The predicted octanol–water partition coefficient (Wildman–Crippen LogP) is 1.52. The van der Waals surface area contributed by atoms with Crippen LogP contribution in [0.15, 0.2) is 12.1 Å². The van der Waals surface area contributed by atoms with E-state index in [0.29, 0.717) is 12.4 Å². The summed E-state index contributed by atoms with van der Waals surface area (Å²) in [5, 5.41) is 0. The molecule has 0 saturated carbocycles. The third kappa shape index (κ3) is 2.07. The van der Waals surface area contributed by atoms with Crippen molar-refractivity contribution in [3.8, 4) is 17.6 Å². The van der Waals surface area contributed by atoms with Crippen LogP contribution in [0.2, 0.25) is 0 Å². The van der Waals surface area contributed by atoms with Crippen molar-refractivity contribution in [2.24, 2.45) is 0 Å². The number of carbonyl (C=O) groups excluding carboxylic acids is 1. The molecule has 1 aromatic rings. The lowest BCUT2D eigenvalue weighted by Gasteiger charge is -2.03. The fourth-order valence-corrected chi connectivity index (χ4v) is 0.968. The number of rotatable bonds is 1. The Morgan fingerprint density at radius 3 is 2.71 bits per heavy atom. The number of halogens is 2. The van der Waals surface area contributed by atoms with Gasteiger partial charge in [0, 0.05) is 6.07 Å². The molecule has 0 heterocycles. The second kappa shape index (κ2) is 4.38. The molecule has 0 unspecified atom stereocenters. The first kappa shape index (κ1) is 10.2. The summed E-state index contributed by atoms with van der Waals surface area (Å²) in [6.45, 7) is 0. The summed E-state index contributed by atoms with van der Waals surface area (Å²) in [7, 11) is 1.24. The molecule has 0 atom stereocenters. The quantitative estimate of drug-likeness (QED) is 0.503. The van der Waals surface area contributed by atoms with Crippen LogP contribution in [0, 0.1) is 23.5 Å². The number of hydrogen-bond donors (Lipinski definition) is 0. The molecular weight excluding hydrogens is 190 g/mol. The first-order valence-corrected chi connectivity index (χ1v) is 3.67. The Morgan fingerprint density at radius 1 is 1.43 bits per heavy atom. The third-order valence-corrected chi connectivity index (χ3v) is 1.48. The van der Waals surface area contributed by atoms with E-state index in [2.05, 4.69) is 10.7 Å². The molecule has 0 saturated heterocycles. The first-order chi connectivity index (χ1) is 6.69. The van der Waals surface area contributed by atoms with Gasteiger partial charge in [0.15, 0.2) is 17.9 Å². The topological polar surface area (TPSA) is 26.3 Å². The molecule has 72 valence electrons.